The topological polar surface area (TPSA) is 12.0 Å². The van der Waals surface area contributed by atoms with Gasteiger partial charge in [-0.05, 0) is 70.1 Å². The van der Waals surface area contributed by atoms with Crippen LogP contribution in [0.1, 0.15) is 17.0 Å². The summed E-state index contributed by atoms with van der Waals surface area (Å²) < 4.78 is 0. The number of anilines is 2. The quantitative estimate of drug-likeness (QED) is 0.258. The van der Waals surface area contributed by atoms with Crippen molar-refractivity contribution in [1.82, 2.24) is 0 Å². The molecule has 0 aromatic heterocycles. The van der Waals surface area contributed by atoms with Crippen molar-refractivity contribution in [3.8, 4) is 33.4 Å². The SMILES string of the molecule is Cc1c(-c2c(Nc3ccccc3)cc(-c3ccccc3)cc2-c2ccccc2)cccc1C1C=CC=C1. The fourth-order valence-electron chi connectivity index (χ4n) is 5.28. The van der Waals surface area contributed by atoms with Crippen molar-refractivity contribution in [1.29, 1.82) is 0 Å². The number of benzene rings is 5. The van der Waals surface area contributed by atoms with E-state index in [0.717, 1.165) is 11.4 Å². The molecule has 0 amide bonds. The zero-order valence-electron chi connectivity index (χ0n) is 20.9. The smallest absolute Gasteiger partial charge is 0.0476 e. The van der Waals surface area contributed by atoms with Gasteiger partial charge in [0, 0.05) is 22.9 Å². The van der Waals surface area contributed by atoms with E-state index in [-0.39, 0.29) is 0 Å². The van der Waals surface area contributed by atoms with Crippen LogP contribution < -0.4 is 5.32 Å². The zero-order valence-corrected chi connectivity index (χ0v) is 20.9. The van der Waals surface area contributed by atoms with E-state index in [4.69, 9.17) is 0 Å². The van der Waals surface area contributed by atoms with E-state index in [1.165, 1.54) is 44.5 Å². The minimum Gasteiger partial charge on any atom is -0.355 e. The molecular weight excluding hydrogens is 446 g/mol. The van der Waals surface area contributed by atoms with Gasteiger partial charge in [-0.1, -0.05) is 121 Å². The highest BCUT2D eigenvalue weighted by atomic mass is 14.9. The number of hydrogen-bond donors (Lipinski definition) is 1. The van der Waals surface area contributed by atoms with E-state index >= 15 is 0 Å². The molecule has 0 heterocycles. The Labute approximate surface area is 219 Å². The largest absolute Gasteiger partial charge is 0.355 e. The van der Waals surface area contributed by atoms with E-state index in [1.54, 1.807) is 0 Å². The van der Waals surface area contributed by atoms with Crippen molar-refractivity contribution in [3.63, 3.8) is 0 Å². The van der Waals surface area contributed by atoms with Gasteiger partial charge in [-0.3, -0.25) is 0 Å². The minimum atomic E-state index is 0.314. The monoisotopic (exact) mass is 475 g/mol. The summed E-state index contributed by atoms with van der Waals surface area (Å²) in [5.41, 5.74) is 12.1. The van der Waals surface area contributed by atoms with Crippen LogP contribution in [0, 0.1) is 6.92 Å². The standard InChI is InChI=1S/C36H29N/c1-26-32(28-18-11-12-19-28)22-13-23-33(26)36-34(29-16-7-3-8-17-29)24-30(27-14-5-2-6-15-27)25-35(36)37-31-20-9-4-10-21-31/h2-25,28,37H,1H3. The second-order valence-electron chi connectivity index (χ2n) is 9.48. The maximum atomic E-state index is 3.78. The first kappa shape index (κ1) is 22.8. The van der Waals surface area contributed by atoms with Gasteiger partial charge in [0.2, 0.25) is 0 Å². The van der Waals surface area contributed by atoms with Gasteiger partial charge >= 0.3 is 0 Å². The Morgan fingerprint density at radius 1 is 0.541 bits per heavy atom. The lowest BCUT2D eigenvalue weighted by Crippen LogP contribution is -2.01. The highest BCUT2D eigenvalue weighted by molar-refractivity contribution is 5.97. The Kier molecular flexibility index (Phi) is 6.27. The van der Waals surface area contributed by atoms with Gasteiger partial charge in [-0.2, -0.15) is 0 Å². The molecule has 0 bridgehead atoms. The van der Waals surface area contributed by atoms with Crippen molar-refractivity contribution < 1.29 is 0 Å². The van der Waals surface area contributed by atoms with Gasteiger partial charge in [0.05, 0.1) is 0 Å². The van der Waals surface area contributed by atoms with Crippen LogP contribution in [-0.2, 0) is 0 Å². The molecule has 178 valence electrons. The Hall–Kier alpha value is -4.62. The summed E-state index contributed by atoms with van der Waals surface area (Å²) >= 11 is 0. The summed E-state index contributed by atoms with van der Waals surface area (Å²) in [5, 5.41) is 3.78. The van der Waals surface area contributed by atoms with Crippen LogP contribution in [0.5, 0.6) is 0 Å². The first-order valence-electron chi connectivity index (χ1n) is 12.8. The van der Waals surface area contributed by atoms with Crippen LogP contribution in [0.2, 0.25) is 0 Å². The Morgan fingerprint density at radius 3 is 1.84 bits per heavy atom. The summed E-state index contributed by atoms with van der Waals surface area (Å²) in [7, 11) is 0. The van der Waals surface area contributed by atoms with Crippen LogP contribution >= 0.6 is 0 Å². The number of rotatable bonds is 6. The molecule has 37 heavy (non-hydrogen) atoms. The Balaban J connectivity index is 1.64. The van der Waals surface area contributed by atoms with E-state index in [2.05, 4.69) is 158 Å². The average molecular weight is 476 g/mol. The van der Waals surface area contributed by atoms with Crippen molar-refractivity contribution >= 4 is 11.4 Å². The highest BCUT2D eigenvalue weighted by Crippen LogP contribution is 2.45. The average Bonchev–Trinajstić information content (AvgIpc) is 3.49. The van der Waals surface area contributed by atoms with E-state index in [1.807, 2.05) is 0 Å². The van der Waals surface area contributed by atoms with Crippen molar-refractivity contribution in [3.05, 3.63) is 157 Å². The molecule has 0 aliphatic heterocycles. The number of para-hydroxylation sites is 1. The lowest BCUT2D eigenvalue weighted by atomic mass is 9.84. The van der Waals surface area contributed by atoms with Gasteiger partial charge in [0.25, 0.3) is 0 Å². The maximum Gasteiger partial charge on any atom is 0.0476 e. The third kappa shape index (κ3) is 4.64. The molecule has 6 rings (SSSR count). The molecule has 0 atom stereocenters. The Morgan fingerprint density at radius 2 is 1.16 bits per heavy atom. The van der Waals surface area contributed by atoms with Gasteiger partial charge in [0.15, 0.2) is 0 Å². The molecule has 0 unspecified atom stereocenters. The van der Waals surface area contributed by atoms with Crippen molar-refractivity contribution in [2.45, 2.75) is 12.8 Å². The molecule has 0 saturated heterocycles. The van der Waals surface area contributed by atoms with E-state index < -0.39 is 0 Å². The number of hydrogen-bond acceptors (Lipinski definition) is 1. The third-order valence-corrected chi connectivity index (χ3v) is 7.14. The molecule has 0 spiro atoms. The summed E-state index contributed by atoms with van der Waals surface area (Å²) in [6.45, 7) is 2.26. The fraction of sp³-hybridized carbons (Fsp3) is 0.0556. The van der Waals surface area contributed by atoms with Gasteiger partial charge in [0.1, 0.15) is 0 Å². The van der Waals surface area contributed by atoms with Crippen LogP contribution in [-0.4, -0.2) is 0 Å². The van der Waals surface area contributed by atoms with Gasteiger partial charge in [-0.25, -0.2) is 0 Å². The summed E-state index contributed by atoms with van der Waals surface area (Å²) in [6.07, 6.45) is 8.82. The van der Waals surface area contributed by atoms with Crippen LogP contribution in [0.15, 0.2) is 146 Å². The molecular formula is C36H29N. The molecule has 0 saturated carbocycles. The summed E-state index contributed by atoms with van der Waals surface area (Å²) in [6, 6.07) is 43.2. The molecule has 5 aromatic rings. The molecule has 1 heteroatoms. The molecule has 1 aliphatic rings. The van der Waals surface area contributed by atoms with Crippen molar-refractivity contribution in [2.24, 2.45) is 0 Å². The maximum absolute atomic E-state index is 3.78. The lowest BCUT2D eigenvalue weighted by molar-refractivity contribution is 1.08. The highest BCUT2D eigenvalue weighted by Gasteiger charge is 2.20. The molecule has 1 aliphatic carbocycles. The molecule has 0 fully saturated rings. The minimum absolute atomic E-state index is 0.314. The first-order chi connectivity index (χ1) is 18.3. The van der Waals surface area contributed by atoms with Crippen LogP contribution in [0.3, 0.4) is 0 Å². The molecule has 0 radical (unpaired) electrons. The third-order valence-electron chi connectivity index (χ3n) is 7.14. The number of allylic oxidation sites excluding steroid dienone is 4. The predicted molar refractivity (Wildman–Crippen MR) is 158 cm³/mol. The zero-order chi connectivity index (χ0) is 25.0. The second kappa shape index (κ2) is 10.2. The Bertz CT molecular complexity index is 1570. The summed E-state index contributed by atoms with van der Waals surface area (Å²) in [5.74, 6) is 0.314. The van der Waals surface area contributed by atoms with Crippen LogP contribution in [0.25, 0.3) is 33.4 Å². The van der Waals surface area contributed by atoms with Crippen molar-refractivity contribution in [2.75, 3.05) is 5.32 Å². The van der Waals surface area contributed by atoms with Gasteiger partial charge < -0.3 is 5.32 Å². The normalized spacial score (nSPS) is 12.7. The van der Waals surface area contributed by atoms with Crippen LogP contribution in [0.4, 0.5) is 11.4 Å². The first-order valence-corrected chi connectivity index (χ1v) is 12.8. The fourth-order valence-corrected chi connectivity index (χ4v) is 5.28. The molecule has 1 nitrogen and oxygen atoms in total. The number of nitrogens with one attached hydrogen (secondary N) is 1. The second-order valence-corrected chi connectivity index (χ2v) is 9.48. The molecule has 5 aromatic carbocycles. The predicted octanol–water partition coefficient (Wildman–Crippen LogP) is 9.95. The summed E-state index contributed by atoms with van der Waals surface area (Å²) in [4.78, 5) is 0. The van der Waals surface area contributed by atoms with Gasteiger partial charge in [-0.15, -0.1) is 0 Å². The lowest BCUT2D eigenvalue weighted by Gasteiger charge is -2.22. The van der Waals surface area contributed by atoms with E-state index in [0.29, 0.717) is 5.92 Å². The van der Waals surface area contributed by atoms with E-state index in [9.17, 15) is 0 Å². The molecule has 1 N–H and O–H groups in total.